The fourth-order valence-electron chi connectivity index (χ4n) is 3.03. The first-order chi connectivity index (χ1) is 10.3. The molecule has 1 fully saturated rings. The summed E-state index contributed by atoms with van der Waals surface area (Å²) in [5.41, 5.74) is 8.01. The molecule has 1 aliphatic heterocycles. The van der Waals surface area contributed by atoms with E-state index < -0.39 is 0 Å². The molecule has 0 radical (unpaired) electrons. The van der Waals surface area contributed by atoms with Crippen molar-refractivity contribution in [3.8, 4) is 5.75 Å². The topological polar surface area (TPSA) is 38.5 Å². The van der Waals surface area contributed by atoms with Crippen LogP contribution >= 0.6 is 0 Å². The zero-order valence-corrected chi connectivity index (χ0v) is 12.2. The normalized spacial score (nSPS) is 18.8. The van der Waals surface area contributed by atoms with Gasteiger partial charge in [0.1, 0.15) is 12.4 Å². The Bertz CT molecular complexity index is 570. The summed E-state index contributed by atoms with van der Waals surface area (Å²) in [4.78, 5) is 2.51. The molecule has 21 heavy (non-hydrogen) atoms. The summed E-state index contributed by atoms with van der Waals surface area (Å²) in [5.74, 6) is 0.785. The fourth-order valence-corrected chi connectivity index (χ4v) is 3.03. The van der Waals surface area contributed by atoms with Crippen molar-refractivity contribution in [1.82, 2.24) is 4.90 Å². The van der Waals surface area contributed by atoms with Crippen LogP contribution in [-0.2, 0) is 0 Å². The molecule has 1 saturated heterocycles. The van der Waals surface area contributed by atoms with E-state index in [0.29, 0.717) is 18.3 Å². The Morgan fingerprint density at radius 3 is 2.62 bits per heavy atom. The molecule has 0 spiro atoms. The maximum absolute atomic E-state index is 5.89. The smallest absolute Gasteiger partial charge is 0.142 e. The average molecular weight is 282 g/mol. The zero-order chi connectivity index (χ0) is 14.5. The molecule has 110 valence electrons. The van der Waals surface area contributed by atoms with Crippen molar-refractivity contribution in [1.29, 1.82) is 0 Å². The van der Waals surface area contributed by atoms with Gasteiger partial charge in [0.15, 0.2) is 0 Å². The predicted octanol–water partition coefficient (Wildman–Crippen LogP) is 3.48. The summed E-state index contributed by atoms with van der Waals surface area (Å²) < 4.78 is 5.82. The maximum Gasteiger partial charge on any atom is 0.142 e. The van der Waals surface area contributed by atoms with Crippen LogP contribution in [0.4, 0.5) is 5.69 Å². The van der Waals surface area contributed by atoms with Gasteiger partial charge in [-0.15, -0.1) is 0 Å². The van der Waals surface area contributed by atoms with Gasteiger partial charge in [-0.2, -0.15) is 0 Å². The molecule has 0 aliphatic carbocycles. The van der Waals surface area contributed by atoms with Gasteiger partial charge in [0.2, 0.25) is 0 Å². The van der Waals surface area contributed by atoms with E-state index >= 15 is 0 Å². The third-order valence-electron chi connectivity index (χ3n) is 4.10. The molecule has 0 amide bonds. The van der Waals surface area contributed by atoms with Gasteiger partial charge >= 0.3 is 0 Å². The van der Waals surface area contributed by atoms with Gasteiger partial charge in [-0.1, -0.05) is 42.5 Å². The third kappa shape index (κ3) is 3.37. The Morgan fingerprint density at radius 2 is 1.81 bits per heavy atom. The second-order valence-corrected chi connectivity index (χ2v) is 5.49. The van der Waals surface area contributed by atoms with E-state index in [4.69, 9.17) is 10.5 Å². The van der Waals surface area contributed by atoms with Crippen LogP contribution in [0.5, 0.6) is 5.75 Å². The highest BCUT2D eigenvalue weighted by molar-refractivity contribution is 5.51. The van der Waals surface area contributed by atoms with Gasteiger partial charge in [0.25, 0.3) is 0 Å². The average Bonchev–Trinajstić information content (AvgIpc) is 2.99. The minimum atomic E-state index is 0.530. The molecule has 1 aliphatic rings. The minimum absolute atomic E-state index is 0.530. The second kappa shape index (κ2) is 6.64. The number of ether oxygens (including phenoxy) is 1. The van der Waals surface area contributed by atoms with Crippen LogP contribution in [0.25, 0.3) is 0 Å². The van der Waals surface area contributed by atoms with Crippen molar-refractivity contribution in [2.75, 3.05) is 25.4 Å². The highest BCUT2D eigenvalue weighted by Crippen LogP contribution is 2.31. The van der Waals surface area contributed by atoms with Crippen LogP contribution < -0.4 is 10.5 Å². The molecule has 2 aromatic rings. The molecule has 3 rings (SSSR count). The number of hydrogen-bond acceptors (Lipinski definition) is 3. The Hall–Kier alpha value is -2.00. The largest absolute Gasteiger partial charge is 0.490 e. The summed E-state index contributed by atoms with van der Waals surface area (Å²) >= 11 is 0. The Balaban J connectivity index is 1.56. The van der Waals surface area contributed by atoms with Crippen LogP contribution in [-0.4, -0.2) is 24.6 Å². The third-order valence-corrected chi connectivity index (χ3v) is 4.10. The van der Waals surface area contributed by atoms with Crippen molar-refractivity contribution in [3.05, 3.63) is 60.2 Å². The van der Waals surface area contributed by atoms with Crippen molar-refractivity contribution in [3.63, 3.8) is 0 Å². The molecular formula is C18H22N2O. The van der Waals surface area contributed by atoms with E-state index in [9.17, 15) is 0 Å². The highest BCUT2D eigenvalue weighted by Gasteiger charge is 2.25. The van der Waals surface area contributed by atoms with E-state index in [1.165, 1.54) is 18.4 Å². The summed E-state index contributed by atoms with van der Waals surface area (Å²) in [6, 6.07) is 19.0. The lowest BCUT2D eigenvalue weighted by molar-refractivity contribution is 0.198. The summed E-state index contributed by atoms with van der Waals surface area (Å²) in [5, 5.41) is 0. The van der Waals surface area contributed by atoms with E-state index in [1.54, 1.807) is 0 Å². The lowest BCUT2D eigenvalue weighted by Crippen LogP contribution is -2.28. The number of rotatable bonds is 5. The first-order valence-corrected chi connectivity index (χ1v) is 7.61. The monoisotopic (exact) mass is 282 g/mol. The molecule has 3 nitrogen and oxygen atoms in total. The number of nitrogen functional groups attached to an aromatic ring is 1. The first-order valence-electron chi connectivity index (χ1n) is 7.61. The number of nitrogens with zero attached hydrogens (tertiary/aromatic N) is 1. The molecule has 3 heteroatoms. The van der Waals surface area contributed by atoms with Gasteiger partial charge < -0.3 is 10.5 Å². The van der Waals surface area contributed by atoms with E-state index in [1.807, 2.05) is 24.3 Å². The SMILES string of the molecule is Nc1ccccc1OCCN1CCCC1c1ccccc1. The fraction of sp³-hybridized carbons (Fsp3) is 0.333. The van der Waals surface area contributed by atoms with Gasteiger partial charge in [0, 0.05) is 12.6 Å². The molecule has 0 aromatic heterocycles. The summed E-state index contributed by atoms with van der Waals surface area (Å²) in [6.07, 6.45) is 2.49. The Kier molecular flexibility index (Phi) is 4.41. The standard InChI is InChI=1S/C18H22N2O/c19-16-9-4-5-11-18(16)21-14-13-20-12-6-10-17(20)15-7-2-1-3-8-15/h1-5,7-9,11,17H,6,10,12-14,19H2. The van der Waals surface area contributed by atoms with Gasteiger partial charge in [-0.05, 0) is 37.1 Å². The molecule has 1 unspecified atom stereocenters. The lowest BCUT2D eigenvalue weighted by atomic mass is 10.0. The van der Waals surface area contributed by atoms with E-state index in [2.05, 4.69) is 35.2 Å². The van der Waals surface area contributed by atoms with Crippen molar-refractivity contribution >= 4 is 5.69 Å². The van der Waals surface area contributed by atoms with Gasteiger partial charge in [-0.3, -0.25) is 4.90 Å². The number of likely N-dealkylation sites (tertiary alicyclic amines) is 1. The number of nitrogens with two attached hydrogens (primary N) is 1. The van der Waals surface area contributed by atoms with Crippen LogP contribution in [0.3, 0.4) is 0 Å². The zero-order valence-electron chi connectivity index (χ0n) is 12.2. The molecule has 1 heterocycles. The first kappa shape index (κ1) is 14.0. The van der Waals surface area contributed by atoms with Crippen LogP contribution in [0.15, 0.2) is 54.6 Å². The number of para-hydroxylation sites is 2. The predicted molar refractivity (Wildman–Crippen MR) is 86.3 cm³/mol. The Labute approximate surface area is 126 Å². The number of hydrogen-bond donors (Lipinski definition) is 1. The maximum atomic E-state index is 5.89. The van der Waals surface area contributed by atoms with Crippen LogP contribution in [0.2, 0.25) is 0 Å². The minimum Gasteiger partial charge on any atom is -0.490 e. The molecule has 2 aromatic carbocycles. The van der Waals surface area contributed by atoms with Gasteiger partial charge in [0.05, 0.1) is 5.69 Å². The quantitative estimate of drug-likeness (QED) is 0.853. The molecule has 0 bridgehead atoms. The second-order valence-electron chi connectivity index (χ2n) is 5.49. The number of benzene rings is 2. The van der Waals surface area contributed by atoms with Crippen molar-refractivity contribution in [2.24, 2.45) is 0 Å². The van der Waals surface area contributed by atoms with E-state index in [0.717, 1.165) is 18.8 Å². The molecule has 0 saturated carbocycles. The lowest BCUT2D eigenvalue weighted by Gasteiger charge is -2.24. The molecule has 2 N–H and O–H groups in total. The summed E-state index contributed by atoms with van der Waals surface area (Å²) in [6.45, 7) is 2.76. The van der Waals surface area contributed by atoms with Crippen LogP contribution in [0, 0.1) is 0 Å². The molecule has 1 atom stereocenters. The van der Waals surface area contributed by atoms with Crippen molar-refractivity contribution < 1.29 is 4.74 Å². The Morgan fingerprint density at radius 1 is 1.05 bits per heavy atom. The number of anilines is 1. The highest BCUT2D eigenvalue weighted by atomic mass is 16.5. The van der Waals surface area contributed by atoms with E-state index in [-0.39, 0.29) is 0 Å². The molecular weight excluding hydrogens is 260 g/mol. The van der Waals surface area contributed by atoms with Crippen molar-refractivity contribution in [2.45, 2.75) is 18.9 Å². The van der Waals surface area contributed by atoms with Gasteiger partial charge in [-0.25, -0.2) is 0 Å². The van der Waals surface area contributed by atoms with Crippen LogP contribution in [0.1, 0.15) is 24.4 Å². The summed E-state index contributed by atoms with van der Waals surface area (Å²) in [7, 11) is 0.